The quantitative estimate of drug-likeness (QED) is 0.842. The van der Waals surface area contributed by atoms with Crippen molar-refractivity contribution in [2.45, 2.75) is 26.3 Å². The first kappa shape index (κ1) is 15.7. The fraction of sp³-hybridized carbons (Fsp3) is 0.333. The van der Waals surface area contributed by atoms with Crippen LogP contribution in [-0.4, -0.2) is 23.2 Å². The molecule has 2 N–H and O–H groups in total. The van der Waals surface area contributed by atoms with Crippen LogP contribution in [-0.2, 0) is 6.54 Å². The third-order valence-electron chi connectivity index (χ3n) is 4.01. The van der Waals surface area contributed by atoms with Crippen LogP contribution in [0.1, 0.15) is 24.0 Å². The van der Waals surface area contributed by atoms with Crippen LogP contribution in [0, 0.1) is 6.92 Å². The first-order valence-electron chi connectivity index (χ1n) is 8.02. The molecule has 0 bridgehead atoms. The molecule has 0 aliphatic carbocycles. The molecule has 1 aromatic heterocycles. The highest BCUT2D eigenvalue weighted by Crippen LogP contribution is 2.20. The van der Waals surface area contributed by atoms with Crippen LogP contribution < -0.4 is 15.5 Å². The third-order valence-corrected chi connectivity index (χ3v) is 4.26. The molecule has 0 amide bonds. The first-order valence-corrected chi connectivity index (χ1v) is 8.43. The van der Waals surface area contributed by atoms with E-state index in [1.165, 1.54) is 37.2 Å². The Hall–Kier alpha value is -2.14. The van der Waals surface area contributed by atoms with Crippen LogP contribution in [0.2, 0.25) is 0 Å². The van der Waals surface area contributed by atoms with Gasteiger partial charge < -0.3 is 15.5 Å². The van der Waals surface area contributed by atoms with Crippen LogP contribution in [0.4, 0.5) is 11.5 Å². The lowest BCUT2D eigenvalue weighted by Crippen LogP contribution is -2.28. The summed E-state index contributed by atoms with van der Waals surface area (Å²) in [6.45, 7) is 5.07. The van der Waals surface area contributed by atoms with Crippen molar-refractivity contribution in [3.63, 3.8) is 0 Å². The predicted octanol–water partition coefficient (Wildman–Crippen LogP) is 3.48. The topological polar surface area (TPSA) is 40.2 Å². The van der Waals surface area contributed by atoms with Gasteiger partial charge in [0, 0.05) is 31.5 Å². The lowest BCUT2D eigenvalue weighted by molar-refractivity contribution is 0.920. The maximum atomic E-state index is 5.31. The Morgan fingerprint density at radius 2 is 1.87 bits per heavy atom. The zero-order valence-corrected chi connectivity index (χ0v) is 14.2. The van der Waals surface area contributed by atoms with Gasteiger partial charge in [-0.05, 0) is 61.3 Å². The number of nitrogens with zero attached hydrogens (tertiary/aromatic N) is 2. The Morgan fingerprint density at radius 3 is 2.52 bits per heavy atom. The molecular formula is C18H22N4S. The van der Waals surface area contributed by atoms with Gasteiger partial charge >= 0.3 is 0 Å². The number of benzene rings is 1. The summed E-state index contributed by atoms with van der Waals surface area (Å²) in [5, 5.41) is 6.90. The van der Waals surface area contributed by atoms with Gasteiger partial charge in [0.25, 0.3) is 0 Å². The van der Waals surface area contributed by atoms with E-state index < -0.39 is 0 Å². The van der Waals surface area contributed by atoms with E-state index in [0.717, 1.165) is 11.4 Å². The van der Waals surface area contributed by atoms with E-state index in [1.54, 1.807) is 0 Å². The van der Waals surface area contributed by atoms with Crippen LogP contribution >= 0.6 is 12.2 Å². The Morgan fingerprint density at radius 1 is 1.13 bits per heavy atom. The highest BCUT2D eigenvalue weighted by Gasteiger charge is 2.11. The summed E-state index contributed by atoms with van der Waals surface area (Å²) in [5.74, 6) is 0.762. The molecule has 0 unspecified atom stereocenters. The smallest absolute Gasteiger partial charge is 0.172 e. The molecule has 0 saturated carbocycles. The van der Waals surface area contributed by atoms with Gasteiger partial charge in [-0.2, -0.15) is 0 Å². The minimum atomic E-state index is 0.588. The molecular weight excluding hydrogens is 304 g/mol. The maximum absolute atomic E-state index is 5.31. The molecule has 1 fully saturated rings. The van der Waals surface area contributed by atoms with E-state index in [1.807, 2.05) is 25.3 Å². The number of pyridine rings is 1. The summed E-state index contributed by atoms with van der Waals surface area (Å²) >= 11 is 5.31. The molecule has 2 heterocycles. The van der Waals surface area contributed by atoms with Gasteiger partial charge in [-0.25, -0.2) is 4.98 Å². The molecule has 3 rings (SSSR count). The van der Waals surface area contributed by atoms with Crippen molar-refractivity contribution < 1.29 is 0 Å². The Bertz CT molecular complexity index is 646. The van der Waals surface area contributed by atoms with Crippen LogP contribution in [0.5, 0.6) is 0 Å². The van der Waals surface area contributed by atoms with E-state index in [2.05, 4.69) is 44.8 Å². The van der Waals surface area contributed by atoms with Crippen molar-refractivity contribution in [2.24, 2.45) is 0 Å². The van der Waals surface area contributed by atoms with Crippen molar-refractivity contribution in [3.8, 4) is 0 Å². The molecule has 1 saturated heterocycles. The molecule has 4 nitrogen and oxygen atoms in total. The second-order valence-corrected chi connectivity index (χ2v) is 6.30. The van der Waals surface area contributed by atoms with Gasteiger partial charge in [0.1, 0.15) is 5.82 Å². The number of aromatic nitrogens is 1. The minimum absolute atomic E-state index is 0.588. The zero-order chi connectivity index (χ0) is 16.1. The van der Waals surface area contributed by atoms with E-state index in [9.17, 15) is 0 Å². The summed E-state index contributed by atoms with van der Waals surface area (Å²) < 4.78 is 0. The number of anilines is 2. The van der Waals surface area contributed by atoms with Crippen molar-refractivity contribution >= 4 is 28.8 Å². The molecule has 120 valence electrons. The first-order chi connectivity index (χ1) is 11.2. The molecule has 1 aliphatic heterocycles. The molecule has 23 heavy (non-hydrogen) atoms. The number of thiocarbonyl (C=S) groups is 1. The van der Waals surface area contributed by atoms with Crippen molar-refractivity contribution in [1.29, 1.82) is 0 Å². The number of hydrogen-bond acceptors (Lipinski definition) is 3. The van der Waals surface area contributed by atoms with Crippen molar-refractivity contribution in [2.75, 3.05) is 23.3 Å². The lowest BCUT2D eigenvalue weighted by Gasteiger charge is -2.18. The molecule has 0 spiro atoms. The van der Waals surface area contributed by atoms with Gasteiger partial charge in [0.2, 0.25) is 0 Å². The third kappa shape index (κ3) is 4.42. The second kappa shape index (κ2) is 7.42. The highest BCUT2D eigenvalue weighted by molar-refractivity contribution is 7.80. The van der Waals surface area contributed by atoms with E-state index >= 15 is 0 Å². The summed E-state index contributed by atoms with van der Waals surface area (Å²) in [6, 6.07) is 12.6. The molecule has 0 radical (unpaired) electrons. The van der Waals surface area contributed by atoms with Crippen LogP contribution in [0.3, 0.4) is 0 Å². The molecule has 1 aliphatic rings. The zero-order valence-electron chi connectivity index (χ0n) is 13.4. The van der Waals surface area contributed by atoms with Gasteiger partial charge in [0.05, 0.1) is 0 Å². The van der Waals surface area contributed by atoms with Crippen molar-refractivity contribution in [1.82, 2.24) is 10.3 Å². The van der Waals surface area contributed by atoms with E-state index in [4.69, 9.17) is 12.2 Å². The lowest BCUT2D eigenvalue weighted by atomic mass is 10.2. The highest BCUT2D eigenvalue weighted by atomic mass is 32.1. The molecule has 5 heteroatoms. The summed E-state index contributed by atoms with van der Waals surface area (Å²) in [5.41, 5.74) is 3.66. The Labute approximate surface area is 142 Å². The second-order valence-electron chi connectivity index (χ2n) is 5.89. The monoisotopic (exact) mass is 326 g/mol. The van der Waals surface area contributed by atoms with Gasteiger partial charge in [-0.15, -0.1) is 0 Å². The summed E-state index contributed by atoms with van der Waals surface area (Å²) in [4.78, 5) is 6.72. The Balaban J connectivity index is 1.49. The summed E-state index contributed by atoms with van der Waals surface area (Å²) in [7, 11) is 0. The average Bonchev–Trinajstić information content (AvgIpc) is 3.10. The van der Waals surface area contributed by atoms with Gasteiger partial charge in [-0.3, -0.25) is 0 Å². The van der Waals surface area contributed by atoms with E-state index in [0.29, 0.717) is 11.7 Å². The van der Waals surface area contributed by atoms with E-state index in [-0.39, 0.29) is 0 Å². The number of hydrogen-bond donors (Lipinski definition) is 2. The number of nitrogens with one attached hydrogen (secondary N) is 2. The molecule has 0 atom stereocenters. The van der Waals surface area contributed by atoms with Crippen LogP contribution in [0.15, 0.2) is 42.6 Å². The standard InChI is InChI=1S/C18H22N4S/c1-14-4-9-17(19-12-14)21-18(23)20-13-15-5-7-16(8-6-15)22-10-2-3-11-22/h4-9,12H,2-3,10-11,13H2,1H3,(H2,19,20,21,23). The van der Waals surface area contributed by atoms with Crippen LogP contribution in [0.25, 0.3) is 0 Å². The predicted molar refractivity (Wildman–Crippen MR) is 99.9 cm³/mol. The largest absolute Gasteiger partial charge is 0.372 e. The fourth-order valence-electron chi connectivity index (χ4n) is 2.68. The molecule has 2 aromatic rings. The SMILES string of the molecule is Cc1ccc(NC(=S)NCc2ccc(N3CCCC3)cc2)nc1. The van der Waals surface area contributed by atoms with Crippen molar-refractivity contribution in [3.05, 3.63) is 53.7 Å². The number of aryl methyl sites for hydroxylation is 1. The minimum Gasteiger partial charge on any atom is -0.372 e. The van der Waals surface area contributed by atoms with Gasteiger partial charge in [-0.1, -0.05) is 18.2 Å². The average molecular weight is 326 g/mol. The normalized spacial score (nSPS) is 13.9. The molecule has 1 aromatic carbocycles. The maximum Gasteiger partial charge on any atom is 0.172 e. The van der Waals surface area contributed by atoms with Gasteiger partial charge in [0.15, 0.2) is 5.11 Å². The summed E-state index contributed by atoms with van der Waals surface area (Å²) in [6.07, 6.45) is 4.43. The Kier molecular flexibility index (Phi) is 5.08. The fourth-order valence-corrected chi connectivity index (χ4v) is 2.86. The number of rotatable bonds is 4.